The van der Waals surface area contributed by atoms with Crippen molar-refractivity contribution in [3.63, 3.8) is 0 Å². The topological polar surface area (TPSA) is 89.8 Å². The van der Waals surface area contributed by atoms with E-state index in [-0.39, 0.29) is 18.0 Å². The van der Waals surface area contributed by atoms with Crippen molar-refractivity contribution >= 4 is 43.9 Å². The van der Waals surface area contributed by atoms with Crippen molar-refractivity contribution in [1.29, 1.82) is 0 Å². The van der Waals surface area contributed by atoms with Gasteiger partial charge in [0.2, 0.25) is 11.0 Å². The molecule has 0 bridgehead atoms. The van der Waals surface area contributed by atoms with Crippen molar-refractivity contribution in [3.05, 3.63) is 32.6 Å². The number of carbonyl (C=O) groups is 1. The summed E-state index contributed by atoms with van der Waals surface area (Å²) < 4.78 is 1.31. The number of hydrogen-bond donors (Lipinski definition) is 1. The molecule has 0 aliphatic carbocycles. The molecule has 3 aromatic heterocycles. The number of fused-ring (bicyclic) bond motifs is 1. The van der Waals surface area contributed by atoms with Gasteiger partial charge in [-0.05, 0) is 18.9 Å². The first kappa shape index (κ1) is 15.8. The standard InChI is InChI=1S/C14H15N5O2S2/c1-3-8-5-9-12(22-8)15-7-19(13(9)21)6-10(20)16-14-18-17-11(4-2)23-14/h5,7H,3-4,6H2,1-2H3,(H,16,18,20). The number of rotatable bonds is 5. The first-order valence-corrected chi connectivity index (χ1v) is 8.84. The van der Waals surface area contributed by atoms with Crippen LogP contribution in [0.4, 0.5) is 5.13 Å². The van der Waals surface area contributed by atoms with Crippen molar-refractivity contribution in [3.8, 4) is 0 Å². The van der Waals surface area contributed by atoms with Gasteiger partial charge in [0, 0.05) is 4.88 Å². The maximum Gasteiger partial charge on any atom is 0.262 e. The van der Waals surface area contributed by atoms with Gasteiger partial charge in [-0.15, -0.1) is 21.5 Å². The Morgan fingerprint density at radius 3 is 2.78 bits per heavy atom. The minimum Gasteiger partial charge on any atom is -0.299 e. The number of aromatic nitrogens is 4. The molecular weight excluding hydrogens is 334 g/mol. The van der Waals surface area contributed by atoms with Crippen LogP contribution >= 0.6 is 22.7 Å². The van der Waals surface area contributed by atoms with E-state index in [1.165, 1.54) is 33.6 Å². The van der Waals surface area contributed by atoms with Crippen LogP contribution in [0, 0.1) is 0 Å². The van der Waals surface area contributed by atoms with Gasteiger partial charge >= 0.3 is 0 Å². The van der Waals surface area contributed by atoms with E-state index in [9.17, 15) is 9.59 Å². The maximum absolute atomic E-state index is 12.4. The zero-order chi connectivity index (χ0) is 16.4. The lowest BCUT2D eigenvalue weighted by atomic mass is 10.3. The second-order valence-corrected chi connectivity index (χ2v) is 7.04. The highest BCUT2D eigenvalue weighted by Gasteiger charge is 2.12. The summed E-state index contributed by atoms with van der Waals surface area (Å²) >= 11 is 2.83. The second-order valence-electron chi connectivity index (χ2n) is 4.87. The summed E-state index contributed by atoms with van der Waals surface area (Å²) in [5, 5.41) is 12.3. The Bertz CT molecular complexity index is 911. The van der Waals surface area contributed by atoms with E-state index in [0.717, 1.165) is 22.7 Å². The highest BCUT2D eigenvalue weighted by atomic mass is 32.1. The summed E-state index contributed by atoms with van der Waals surface area (Å²) in [5.41, 5.74) is -0.201. The van der Waals surface area contributed by atoms with Crippen molar-refractivity contribution < 1.29 is 4.79 Å². The Morgan fingerprint density at radius 2 is 2.09 bits per heavy atom. The van der Waals surface area contributed by atoms with Gasteiger partial charge in [0.25, 0.3) is 5.56 Å². The zero-order valence-corrected chi connectivity index (χ0v) is 14.3. The van der Waals surface area contributed by atoms with Crippen LogP contribution in [0.1, 0.15) is 23.7 Å². The fraction of sp³-hybridized carbons (Fsp3) is 0.357. The Hall–Kier alpha value is -2.13. The van der Waals surface area contributed by atoms with Gasteiger partial charge < -0.3 is 0 Å². The molecule has 0 radical (unpaired) electrons. The predicted molar refractivity (Wildman–Crippen MR) is 91.2 cm³/mol. The van der Waals surface area contributed by atoms with Crippen LogP contribution in [0.25, 0.3) is 10.2 Å². The third kappa shape index (κ3) is 3.30. The molecule has 0 spiro atoms. The highest BCUT2D eigenvalue weighted by Crippen LogP contribution is 2.21. The van der Waals surface area contributed by atoms with Crippen molar-refractivity contribution in [1.82, 2.24) is 19.7 Å². The maximum atomic E-state index is 12.4. The normalized spacial score (nSPS) is 11.0. The van der Waals surface area contributed by atoms with Gasteiger partial charge in [-0.1, -0.05) is 25.2 Å². The molecule has 0 fully saturated rings. The third-order valence-electron chi connectivity index (χ3n) is 3.25. The number of hydrogen-bond acceptors (Lipinski definition) is 7. The minimum absolute atomic E-state index is 0.0971. The number of amides is 1. The van der Waals surface area contributed by atoms with Gasteiger partial charge in [0.15, 0.2) is 0 Å². The predicted octanol–water partition coefficient (Wildman–Crippen LogP) is 2.07. The molecule has 0 saturated carbocycles. The summed E-state index contributed by atoms with van der Waals surface area (Å²) in [7, 11) is 0. The Balaban J connectivity index is 1.79. The molecule has 120 valence electrons. The molecule has 0 atom stereocenters. The number of thiophene rings is 1. The first-order chi connectivity index (χ1) is 11.1. The second kappa shape index (κ2) is 6.55. The van der Waals surface area contributed by atoms with E-state index in [2.05, 4.69) is 20.5 Å². The lowest BCUT2D eigenvalue weighted by Gasteiger charge is -2.04. The lowest BCUT2D eigenvalue weighted by molar-refractivity contribution is -0.116. The van der Waals surface area contributed by atoms with E-state index in [1.54, 1.807) is 0 Å². The van der Waals surface area contributed by atoms with E-state index >= 15 is 0 Å². The van der Waals surface area contributed by atoms with Gasteiger partial charge in [-0.3, -0.25) is 19.5 Å². The van der Waals surface area contributed by atoms with Crippen molar-refractivity contribution in [2.45, 2.75) is 33.2 Å². The molecule has 3 aromatic rings. The number of nitrogens with one attached hydrogen (secondary N) is 1. The Labute approximate surface area is 140 Å². The quantitative estimate of drug-likeness (QED) is 0.761. The van der Waals surface area contributed by atoms with Gasteiger partial charge in [-0.25, -0.2) is 4.98 Å². The molecule has 1 N–H and O–H groups in total. The van der Waals surface area contributed by atoms with Crippen LogP contribution in [-0.4, -0.2) is 25.7 Å². The van der Waals surface area contributed by atoms with Crippen LogP contribution < -0.4 is 10.9 Å². The van der Waals surface area contributed by atoms with Crippen LogP contribution in [0.3, 0.4) is 0 Å². The van der Waals surface area contributed by atoms with Crippen LogP contribution in [-0.2, 0) is 24.2 Å². The highest BCUT2D eigenvalue weighted by molar-refractivity contribution is 7.18. The number of carbonyl (C=O) groups excluding carboxylic acids is 1. The average molecular weight is 349 g/mol. The van der Waals surface area contributed by atoms with Crippen LogP contribution in [0.2, 0.25) is 0 Å². The van der Waals surface area contributed by atoms with Crippen LogP contribution in [0.5, 0.6) is 0 Å². The SMILES string of the molecule is CCc1cc2c(=O)n(CC(=O)Nc3nnc(CC)s3)cnc2s1. The molecule has 0 aromatic carbocycles. The van der Waals surface area contributed by atoms with E-state index in [1.807, 2.05) is 19.9 Å². The smallest absolute Gasteiger partial charge is 0.262 e. The van der Waals surface area contributed by atoms with E-state index < -0.39 is 0 Å². The molecular formula is C14H15N5O2S2. The van der Waals surface area contributed by atoms with Gasteiger partial charge in [0.1, 0.15) is 16.4 Å². The molecule has 3 heterocycles. The van der Waals surface area contributed by atoms with Crippen molar-refractivity contribution in [2.24, 2.45) is 0 Å². The van der Waals surface area contributed by atoms with E-state index in [4.69, 9.17) is 0 Å². The molecule has 7 nitrogen and oxygen atoms in total. The molecule has 3 rings (SSSR count). The molecule has 0 unspecified atom stereocenters. The van der Waals surface area contributed by atoms with Crippen LogP contribution in [0.15, 0.2) is 17.2 Å². The zero-order valence-electron chi connectivity index (χ0n) is 12.7. The van der Waals surface area contributed by atoms with Gasteiger partial charge in [-0.2, -0.15) is 0 Å². The Kier molecular flexibility index (Phi) is 4.49. The monoisotopic (exact) mass is 349 g/mol. The average Bonchev–Trinajstić information content (AvgIpc) is 3.16. The van der Waals surface area contributed by atoms with Gasteiger partial charge in [0.05, 0.1) is 11.7 Å². The fourth-order valence-corrected chi connectivity index (χ4v) is 3.68. The number of anilines is 1. The summed E-state index contributed by atoms with van der Waals surface area (Å²) in [4.78, 5) is 30.6. The number of aryl methyl sites for hydroxylation is 2. The molecule has 23 heavy (non-hydrogen) atoms. The van der Waals surface area contributed by atoms with Crippen molar-refractivity contribution in [2.75, 3.05) is 5.32 Å². The molecule has 9 heteroatoms. The number of nitrogens with zero attached hydrogens (tertiary/aromatic N) is 4. The molecule has 0 aliphatic rings. The summed E-state index contributed by atoms with van der Waals surface area (Å²) in [5.74, 6) is -0.321. The fourth-order valence-electron chi connectivity index (χ4n) is 2.06. The summed E-state index contributed by atoms with van der Waals surface area (Å²) in [6, 6.07) is 1.85. The summed E-state index contributed by atoms with van der Waals surface area (Å²) in [6.07, 6.45) is 3.04. The lowest BCUT2D eigenvalue weighted by Crippen LogP contribution is -2.27. The summed E-state index contributed by atoms with van der Waals surface area (Å²) in [6.45, 7) is 3.90. The Morgan fingerprint density at radius 1 is 1.26 bits per heavy atom. The third-order valence-corrected chi connectivity index (χ3v) is 5.42. The molecule has 1 amide bonds. The first-order valence-electron chi connectivity index (χ1n) is 7.20. The molecule has 0 aliphatic heterocycles. The molecule has 0 saturated heterocycles. The largest absolute Gasteiger partial charge is 0.299 e. The van der Waals surface area contributed by atoms with E-state index in [0.29, 0.717) is 15.3 Å². The minimum atomic E-state index is -0.321.